The minimum absolute atomic E-state index is 0.891. The number of allylic oxidation sites excluding steroid dienone is 4. The summed E-state index contributed by atoms with van der Waals surface area (Å²) in [5.74, 6) is 1.55. The molecule has 0 aliphatic rings. The highest BCUT2D eigenvalue weighted by Gasteiger charge is 2.11. The molecule has 0 rings (SSSR count). The highest BCUT2D eigenvalue weighted by atomic mass is 14.1. The average Bonchev–Trinajstić information content (AvgIpc) is 2.53. The van der Waals surface area contributed by atoms with Gasteiger partial charge in [0, 0.05) is 13.8 Å². The molecule has 22 heavy (non-hydrogen) atoms. The first kappa shape index (κ1) is 20.8. The van der Waals surface area contributed by atoms with Crippen molar-refractivity contribution in [2.45, 2.75) is 64.2 Å². The molecule has 0 bridgehead atoms. The SMILES string of the molecule is C=CCCC[CH-]C[C+](CC=C)CC=C(C[CH-]C[CH2+])C[CH-]C[CH2+]. The van der Waals surface area contributed by atoms with Gasteiger partial charge in [-0.05, 0) is 37.8 Å². The first-order valence-electron chi connectivity index (χ1n) is 8.55. The van der Waals surface area contributed by atoms with Crippen molar-refractivity contribution in [1.82, 2.24) is 0 Å². The molecule has 0 aromatic heterocycles. The van der Waals surface area contributed by atoms with Gasteiger partial charge < -0.3 is 0 Å². The molecule has 0 amide bonds. The molecule has 0 nitrogen and oxygen atoms in total. The Bertz CT molecular complexity index is 274. The third-order valence-corrected chi connectivity index (χ3v) is 3.58. The number of rotatable bonds is 16. The van der Waals surface area contributed by atoms with Gasteiger partial charge in [0.1, 0.15) is 12.8 Å². The van der Waals surface area contributed by atoms with Crippen LogP contribution in [0, 0.1) is 39.0 Å². The summed E-state index contributed by atoms with van der Waals surface area (Å²) in [7, 11) is 0. The molecule has 0 fully saturated rings. The molecule has 0 radical (unpaired) electrons. The zero-order valence-corrected chi connectivity index (χ0v) is 14.4. The van der Waals surface area contributed by atoms with Gasteiger partial charge in [-0.3, -0.25) is 19.3 Å². The van der Waals surface area contributed by atoms with E-state index in [9.17, 15) is 0 Å². The molecule has 0 unspecified atom stereocenters. The summed E-state index contributed by atoms with van der Waals surface area (Å²) in [6.45, 7) is 15.4. The zero-order valence-electron chi connectivity index (χ0n) is 14.4. The predicted octanol–water partition coefficient (Wildman–Crippen LogP) is 7.04. The van der Waals surface area contributed by atoms with Crippen molar-refractivity contribution in [1.29, 1.82) is 0 Å². The lowest BCUT2D eigenvalue weighted by atomic mass is 9.91. The van der Waals surface area contributed by atoms with Gasteiger partial charge in [-0.25, -0.2) is 0 Å². The second-order valence-electron chi connectivity index (χ2n) is 5.58. The van der Waals surface area contributed by atoms with Gasteiger partial charge in [-0.1, -0.05) is 19.1 Å². The third-order valence-electron chi connectivity index (χ3n) is 3.58. The van der Waals surface area contributed by atoms with Crippen LogP contribution in [0.3, 0.4) is 0 Å². The number of hydrogen-bond donors (Lipinski definition) is 0. The van der Waals surface area contributed by atoms with Gasteiger partial charge in [0.15, 0.2) is 0 Å². The van der Waals surface area contributed by atoms with Crippen LogP contribution in [0.5, 0.6) is 0 Å². The van der Waals surface area contributed by atoms with Gasteiger partial charge in [-0.15, -0.1) is 12.2 Å². The average molecular weight is 299 g/mol. The summed E-state index contributed by atoms with van der Waals surface area (Å²) in [6, 6.07) is 0. The van der Waals surface area contributed by atoms with E-state index < -0.39 is 0 Å². The molecule has 0 atom stereocenters. The Morgan fingerprint density at radius 1 is 0.955 bits per heavy atom. The normalized spacial score (nSPS) is 10.2. The van der Waals surface area contributed by atoms with E-state index in [0.29, 0.717) is 0 Å². The molecule has 0 saturated heterocycles. The fraction of sp³-hybridized carbons (Fsp3) is 0.455. The summed E-state index contributed by atoms with van der Waals surface area (Å²) < 4.78 is 0. The quantitative estimate of drug-likeness (QED) is 0.163. The van der Waals surface area contributed by atoms with E-state index in [0.717, 1.165) is 51.4 Å². The largest absolute Gasteiger partial charge is 0.284 e. The Morgan fingerprint density at radius 3 is 2.18 bits per heavy atom. The minimum Gasteiger partial charge on any atom is -0.284 e. The van der Waals surface area contributed by atoms with E-state index >= 15 is 0 Å². The van der Waals surface area contributed by atoms with Crippen molar-refractivity contribution in [2.75, 3.05) is 0 Å². The van der Waals surface area contributed by atoms with Crippen LogP contribution in [0.1, 0.15) is 64.2 Å². The van der Waals surface area contributed by atoms with Crippen LogP contribution < -0.4 is 0 Å². The molecule has 0 aromatic rings. The fourth-order valence-corrected chi connectivity index (χ4v) is 2.28. The molecule has 0 heterocycles. The lowest BCUT2D eigenvalue weighted by Crippen LogP contribution is -1.97. The fourth-order valence-electron chi connectivity index (χ4n) is 2.28. The zero-order chi connectivity index (χ0) is 16.5. The summed E-state index contributed by atoms with van der Waals surface area (Å²) >= 11 is 0. The van der Waals surface area contributed by atoms with Crippen molar-refractivity contribution >= 4 is 0 Å². The molecular formula is C22H34. The van der Waals surface area contributed by atoms with Gasteiger partial charge in [0.2, 0.25) is 0 Å². The maximum absolute atomic E-state index is 3.89. The van der Waals surface area contributed by atoms with Crippen molar-refractivity contribution < 1.29 is 0 Å². The molecule has 0 aliphatic heterocycles. The predicted molar refractivity (Wildman–Crippen MR) is 102 cm³/mol. The van der Waals surface area contributed by atoms with Crippen LogP contribution >= 0.6 is 0 Å². The highest BCUT2D eigenvalue weighted by Crippen LogP contribution is 2.23. The van der Waals surface area contributed by atoms with Gasteiger partial charge in [0.05, 0.1) is 5.92 Å². The maximum Gasteiger partial charge on any atom is 0.106 e. The van der Waals surface area contributed by atoms with Crippen LogP contribution in [0.4, 0.5) is 0 Å². The van der Waals surface area contributed by atoms with E-state index in [1.165, 1.54) is 18.4 Å². The first-order valence-corrected chi connectivity index (χ1v) is 8.55. The van der Waals surface area contributed by atoms with E-state index in [4.69, 9.17) is 0 Å². The van der Waals surface area contributed by atoms with Crippen LogP contribution in [-0.2, 0) is 0 Å². The third kappa shape index (κ3) is 12.6. The number of hydrogen-bond acceptors (Lipinski definition) is 0. The molecule has 0 aromatic carbocycles. The second kappa shape index (κ2) is 16.2. The monoisotopic (exact) mass is 298 g/mol. The molecule has 0 heteroatoms. The highest BCUT2D eigenvalue weighted by molar-refractivity contribution is 5.13. The first-order chi connectivity index (χ1) is 10.8. The summed E-state index contributed by atoms with van der Waals surface area (Å²) in [5, 5.41) is 0. The van der Waals surface area contributed by atoms with Crippen LogP contribution in [0.2, 0.25) is 0 Å². The Balaban J connectivity index is 4.24. The van der Waals surface area contributed by atoms with Gasteiger partial charge >= 0.3 is 0 Å². The minimum atomic E-state index is 0.891. The van der Waals surface area contributed by atoms with Crippen molar-refractivity contribution in [2.24, 2.45) is 0 Å². The molecule has 0 spiro atoms. The Kier molecular flexibility index (Phi) is 15.3. The van der Waals surface area contributed by atoms with Crippen molar-refractivity contribution in [3.8, 4) is 0 Å². The van der Waals surface area contributed by atoms with Gasteiger partial charge in [-0.2, -0.15) is 19.3 Å². The topological polar surface area (TPSA) is 0 Å². The Morgan fingerprint density at radius 2 is 1.64 bits per heavy atom. The van der Waals surface area contributed by atoms with E-state index in [1.807, 2.05) is 12.2 Å². The standard InChI is InChI=1S/C22H34/c1-5-9-12-13-14-18-21(15-8-4)19-20-22(16-10-6-2)17-11-7-3/h5,8,10-11,14,20H,1-4,6-7,9,12-13,15-19H2. The summed E-state index contributed by atoms with van der Waals surface area (Å²) in [4.78, 5) is 0. The summed E-state index contributed by atoms with van der Waals surface area (Å²) in [5.41, 5.74) is 1.49. The second-order valence-corrected chi connectivity index (χ2v) is 5.58. The van der Waals surface area contributed by atoms with Crippen LogP contribution in [-0.4, -0.2) is 0 Å². The Labute approximate surface area is 140 Å². The van der Waals surface area contributed by atoms with Crippen molar-refractivity contribution in [3.63, 3.8) is 0 Å². The maximum atomic E-state index is 3.89. The van der Waals surface area contributed by atoms with Crippen molar-refractivity contribution in [3.05, 3.63) is 76.0 Å². The lowest BCUT2D eigenvalue weighted by Gasteiger charge is -2.16. The van der Waals surface area contributed by atoms with E-state index in [1.54, 1.807) is 5.92 Å². The molecule has 0 aliphatic carbocycles. The van der Waals surface area contributed by atoms with E-state index in [2.05, 4.69) is 52.3 Å². The molecule has 122 valence electrons. The molecule has 0 saturated carbocycles. The Hall–Kier alpha value is -1.17. The molecular weight excluding hydrogens is 264 g/mol. The van der Waals surface area contributed by atoms with Crippen LogP contribution in [0.15, 0.2) is 37.0 Å². The van der Waals surface area contributed by atoms with Gasteiger partial charge in [0.25, 0.3) is 0 Å². The molecule has 0 N–H and O–H groups in total. The number of unbranched alkanes of at least 4 members (excludes halogenated alkanes) is 5. The smallest absolute Gasteiger partial charge is 0.106 e. The summed E-state index contributed by atoms with van der Waals surface area (Å²) in [6.07, 6.45) is 23.9. The van der Waals surface area contributed by atoms with Crippen LogP contribution in [0.25, 0.3) is 0 Å². The van der Waals surface area contributed by atoms with E-state index in [-0.39, 0.29) is 0 Å². The lowest BCUT2D eigenvalue weighted by molar-refractivity contribution is 0.739.